The van der Waals surface area contributed by atoms with Gasteiger partial charge in [-0.05, 0) is 66.9 Å². The van der Waals surface area contributed by atoms with E-state index in [0.717, 1.165) is 24.0 Å². The smallest absolute Gasteiger partial charge is 0.123 e. The molecule has 0 radical (unpaired) electrons. The standard InChI is InChI=1S/C24H24FN/c1-26(2)22-15-20-7-3-4-12-23(20)24(16-22)19-10-5-8-17(13-19)18-9-6-11-21(25)14-18/h3-14,22,24H,15-16H2,1-2H3. The zero-order valence-corrected chi connectivity index (χ0v) is 15.3. The Morgan fingerprint density at radius 1 is 0.846 bits per heavy atom. The zero-order valence-electron chi connectivity index (χ0n) is 15.3. The molecule has 0 saturated heterocycles. The number of halogens is 1. The summed E-state index contributed by atoms with van der Waals surface area (Å²) in [7, 11) is 4.33. The van der Waals surface area contributed by atoms with E-state index in [9.17, 15) is 4.39 Å². The number of hydrogen-bond donors (Lipinski definition) is 0. The first-order valence-corrected chi connectivity index (χ1v) is 9.22. The summed E-state index contributed by atoms with van der Waals surface area (Å²) < 4.78 is 13.6. The van der Waals surface area contributed by atoms with Crippen molar-refractivity contribution in [1.82, 2.24) is 4.90 Å². The normalized spacial score (nSPS) is 19.4. The molecular formula is C24H24FN. The van der Waals surface area contributed by atoms with Crippen LogP contribution in [0, 0.1) is 5.82 Å². The zero-order chi connectivity index (χ0) is 18.1. The number of nitrogens with zero attached hydrogens (tertiary/aromatic N) is 1. The van der Waals surface area contributed by atoms with Gasteiger partial charge in [0, 0.05) is 12.0 Å². The molecule has 1 aliphatic rings. The van der Waals surface area contributed by atoms with E-state index in [-0.39, 0.29) is 5.82 Å². The molecule has 1 aliphatic carbocycles. The van der Waals surface area contributed by atoms with Gasteiger partial charge < -0.3 is 4.90 Å². The third-order valence-electron chi connectivity index (χ3n) is 5.57. The lowest BCUT2D eigenvalue weighted by Gasteiger charge is -2.35. The maximum absolute atomic E-state index is 13.6. The molecular weight excluding hydrogens is 321 g/mol. The lowest BCUT2D eigenvalue weighted by atomic mass is 9.76. The predicted molar refractivity (Wildman–Crippen MR) is 106 cm³/mol. The number of likely N-dealkylation sites (N-methyl/N-ethyl adjacent to an activating group) is 1. The maximum atomic E-state index is 13.6. The fraction of sp³-hybridized carbons (Fsp3) is 0.250. The Balaban J connectivity index is 1.76. The van der Waals surface area contributed by atoms with Gasteiger partial charge in [0.1, 0.15) is 5.82 Å². The minimum absolute atomic E-state index is 0.191. The molecule has 0 heterocycles. The first-order chi connectivity index (χ1) is 12.6. The summed E-state index contributed by atoms with van der Waals surface area (Å²) in [5.74, 6) is 0.185. The molecule has 2 atom stereocenters. The van der Waals surface area contributed by atoms with Gasteiger partial charge >= 0.3 is 0 Å². The molecule has 2 unspecified atom stereocenters. The summed E-state index contributed by atoms with van der Waals surface area (Å²) in [4.78, 5) is 2.33. The van der Waals surface area contributed by atoms with Crippen LogP contribution in [0.15, 0.2) is 72.8 Å². The van der Waals surface area contributed by atoms with E-state index in [0.29, 0.717) is 12.0 Å². The quantitative estimate of drug-likeness (QED) is 0.606. The highest BCUT2D eigenvalue weighted by molar-refractivity contribution is 5.64. The Morgan fingerprint density at radius 2 is 1.58 bits per heavy atom. The second-order valence-corrected chi connectivity index (χ2v) is 7.44. The molecule has 0 aromatic heterocycles. The molecule has 4 rings (SSSR count). The lowest BCUT2D eigenvalue weighted by molar-refractivity contribution is 0.258. The van der Waals surface area contributed by atoms with Crippen molar-refractivity contribution in [2.75, 3.05) is 14.1 Å². The lowest BCUT2D eigenvalue weighted by Crippen LogP contribution is -2.35. The monoisotopic (exact) mass is 345 g/mol. The van der Waals surface area contributed by atoms with Crippen molar-refractivity contribution in [3.05, 3.63) is 95.3 Å². The third kappa shape index (κ3) is 3.30. The molecule has 2 heteroatoms. The largest absolute Gasteiger partial charge is 0.306 e. The van der Waals surface area contributed by atoms with Gasteiger partial charge in [-0.15, -0.1) is 0 Å². The summed E-state index contributed by atoms with van der Waals surface area (Å²) in [5.41, 5.74) is 6.19. The average molecular weight is 345 g/mol. The van der Waals surface area contributed by atoms with Crippen LogP contribution in [-0.2, 0) is 6.42 Å². The van der Waals surface area contributed by atoms with Crippen LogP contribution in [0.25, 0.3) is 11.1 Å². The van der Waals surface area contributed by atoms with Crippen LogP contribution in [0.3, 0.4) is 0 Å². The molecule has 0 saturated carbocycles. The van der Waals surface area contributed by atoms with Crippen LogP contribution >= 0.6 is 0 Å². The van der Waals surface area contributed by atoms with Crippen LogP contribution in [0.4, 0.5) is 4.39 Å². The molecule has 0 N–H and O–H groups in total. The summed E-state index contributed by atoms with van der Waals surface area (Å²) in [6.45, 7) is 0. The van der Waals surface area contributed by atoms with Gasteiger partial charge in [-0.25, -0.2) is 4.39 Å². The van der Waals surface area contributed by atoms with Gasteiger partial charge in [0.25, 0.3) is 0 Å². The second kappa shape index (κ2) is 7.05. The van der Waals surface area contributed by atoms with Crippen molar-refractivity contribution >= 4 is 0 Å². The van der Waals surface area contributed by atoms with E-state index in [4.69, 9.17) is 0 Å². The first kappa shape index (κ1) is 17.0. The van der Waals surface area contributed by atoms with Gasteiger partial charge in [-0.3, -0.25) is 0 Å². The Morgan fingerprint density at radius 3 is 2.35 bits per heavy atom. The van der Waals surface area contributed by atoms with Crippen molar-refractivity contribution < 1.29 is 4.39 Å². The van der Waals surface area contributed by atoms with Crippen molar-refractivity contribution in [3.63, 3.8) is 0 Å². The van der Waals surface area contributed by atoms with Crippen molar-refractivity contribution in [2.45, 2.75) is 24.8 Å². The van der Waals surface area contributed by atoms with Crippen molar-refractivity contribution in [2.24, 2.45) is 0 Å². The highest BCUT2D eigenvalue weighted by Gasteiger charge is 2.29. The van der Waals surface area contributed by atoms with Crippen LogP contribution < -0.4 is 0 Å². The first-order valence-electron chi connectivity index (χ1n) is 9.22. The van der Waals surface area contributed by atoms with Crippen molar-refractivity contribution in [1.29, 1.82) is 0 Å². The Hall–Kier alpha value is -2.45. The Bertz CT molecular complexity index is 915. The van der Waals surface area contributed by atoms with E-state index in [1.807, 2.05) is 6.07 Å². The number of hydrogen-bond acceptors (Lipinski definition) is 1. The van der Waals surface area contributed by atoms with E-state index in [2.05, 4.69) is 67.5 Å². The molecule has 0 aliphatic heterocycles. The van der Waals surface area contributed by atoms with Gasteiger partial charge in [0.05, 0.1) is 0 Å². The molecule has 132 valence electrons. The summed E-state index contributed by atoms with van der Waals surface area (Å²) in [6, 6.07) is 24.8. The average Bonchev–Trinajstić information content (AvgIpc) is 2.67. The molecule has 0 fully saturated rings. The summed E-state index contributed by atoms with van der Waals surface area (Å²) in [5, 5.41) is 0. The van der Waals surface area contributed by atoms with E-state index < -0.39 is 0 Å². The SMILES string of the molecule is CN(C)C1Cc2ccccc2C(c2cccc(-c3cccc(F)c3)c2)C1. The number of benzene rings is 3. The summed E-state index contributed by atoms with van der Waals surface area (Å²) in [6.07, 6.45) is 2.21. The molecule has 3 aromatic rings. The minimum Gasteiger partial charge on any atom is -0.306 e. The van der Waals surface area contributed by atoms with Crippen LogP contribution in [-0.4, -0.2) is 25.0 Å². The Labute approximate surface area is 155 Å². The van der Waals surface area contributed by atoms with Gasteiger partial charge in [-0.2, -0.15) is 0 Å². The molecule has 0 bridgehead atoms. The van der Waals surface area contributed by atoms with Crippen molar-refractivity contribution in [3.8, 4) is 11.1 Å². The van der Waals surface area contributed by atoms with Gasteiger partial charge in [0.2, 0.25) is 0 Å². The van der Waals surface area contributed by atoms with E-state index in [1.54, 1.807) is 12.1 Å². The third-order valence-corrected chi connectivity index (χ3v) is 5.57. The number of fused-ring (bicyclic) bond motifs is 1. The predicted octanol–water partition coefficient (Wildman–Crippen LogP) is 5.50. The fourth-order valence-electron chi connectivity index (χ4n) is 4.11. The van der Waals surface area contributed by atoms with Crippen LogP contribution in [0.5, 0.6) is 0 Å². The molecule has 26 heavy (non-hydrogen) atoms. The van der Waals surface area contributed by atoms with Gasteiger partial charge in [0.15, 0.2) is 0 Å². The van der Waals surface area contributed by atoms with Crippen LogP contribution in [0.2, 0.25) is 0 Å². The number of rotatable bonds is 3. The van der Waals surface area contributed by atoms with Crippen LogP contribution in [0.1, 0.15) is 29.0 Å². The van der Waals surface area contributed by atoms with E-state index >= 15 is 0 Å². The molecule has 1 nitrogen and oxygen atoms in total. The molecule has 0 spiro atoms. The minimum atomic E-state index is -0.191. The van der Waals surface area contributed by atoms with Gasteiger partial charge in [-0.1, -0.05) is 60.7 Å². The molecule has 3 aromatic carbocycles. The molecule has 0 amide bonds. The summed E-state index contributed by atoms with van der Waals surface area (Å²) >= 11 is 0. The topological polar surface area (TPSA) is 3.24 Å². The highest BCUT2D eigenvalue weighted by Crippen LogP contribution is 2.39. The fourth-order valence-corrected chi connectivity index (χ4v) is 4.11. The Kier molecular flexibility index (Phi) is 4.60. The van der Waals surface area contributed by atoms with E-state index in [1.165, 1.54) is 22.8 Å². The second-order valence-electron chi connectivity index (χ2n) is 7.44. The maximum Gasteiger partial charge on any atom is 0.123 e. The highest BCUT2D eigenvalue weighted by atomic mass is 19.1.